The van der Waals surface area contributed by atoms with Gasteiger partial charge in [0.25, 0.3) is 0 Å². The minimum Gasteiger partial charge on any atom is -0.469 e. The number of amides is 1. The number of hydrogen-bond donors (Lipinski definition) is 1. The molecule has 138 valence electrons. The molecule has 1 N–H and O–H groups in total. The van der Waals surface area contributed by atoms with Gasteiger partial charge >= 0.3 is 5.97 Å². The minimum absolute atomic E-state index is 0.130. The van der Waals surface area contributed by atoms with Crippen LogP contribution in [-0.4, -0.2) is 37.6 Å². The van der Waals surface area contributed by atoms with Crippen molar-refractivity contribution in [2.45, 2.75) is 32.1 Å². The van der Waals surface area contributed by atoms with Crippen molar-refractivity contribution >= 4 is 34.0 Å². The van der Waals surface area contributed by atoms with Crippen molar-refractivity contribution in [2.75, 3.05) is 30.9 Å². The number of ether oxygens (including phenoxy) is 1. The summed E-state index contributed by atoms with van der Waals surface area (Å²) >= 11 is 1.58. The Morgan fingerprint density at radius 2 is 2.19 bits per heavy atom. The van der Waals surface area contributed by atoms with Gasteiger partial charge in [-0.3, -0.25) is 9.59 Å². The van der Waals surface area contributed by atoms with Crippen LogP contribution in [0.3, 0.4) is 0 Å². The highest BCUT2D eigenvalue weighted by atomic mass is 32.1. The Morgan fingerprint density at radius 1 is 1.35 bits per heavy atom. The molecule has 1 aromatic carbocycles. The van der Waals surface area contributed by atoms with Gasteiger partial charge in [-0.05, 0) is 30.5 Å². The van der Waals surface area contributed by atoms with Gasteiger partial charge in [0.05, 0.1) is 19.2 Å². The molecule has 0 spiro atoms. The molecule has 0 bridgehead atoms. The van der Waals surface area contributed by atoms with Crippen molar-refractivity contribution in [3.63, 3.8) is 0 Å². The van der Waals surface area contributed by atoms with Crippen molar-refractivity contribution in [3.05, 3.63) is 29.1 Å². The van der Waals surface area contributed by atoms with E-state index in [1.807, 2.05) is 24.6 Å². The van der Waals surface area contributed by atoms with E-state index in [2.05, 4.69) is 21.1 Å². The number of methoxy groups -OCH3 is 1. The van der Waals surface area contributed by atoms with E-state index in [1.165, 1.54) is 7.11 Å². The summed E-state index contributed by atoms with van der Waals surface area (Å²) < 4.78 is 4.63. The van der Waals surface area contributed by atoms with Gasteiger partial charge in [0.1, 0.15) is 0 Å². The number of anilines is 2. The third-order valence-corrected chi connectivity index (χ3v) is 5.32. The van der Waals surface area contributed by atoms with E-state index in [-0.39, 0.29) is 11.9 Å². The maximum atomic E-state index is 11.8. The number of thiazole rings is 1. The number of esters is 1. The van der Waals surface area contributed by atoms with Gasteiger partial charge in [-0.2, -0.15) is 0 Å². The predicted molar refractivity (Wildman–Crippen MR) is 104 cm³/mol. The van der Waals surface area contributed by atoms with Gasteiger partial charge in [0.2, 0.25) is 5.91 Å². The first kappa shape index (κ1) is 18.4. The topological polar surface area (TPSA) is 71.5 Å². The summed E-state index contributed by atoms with van der Waals surface area (Å²) in [6.07, 6.45) is 3.75. The van der Waals surface area contributed by atoms with Crippen LogP contribution in [-0.2, 0) is 20.7 Å². The van der Waals surface area contributed by atoms with Crippen LogP contribution in [0.25, 0.3) is 11.3 Å². The molecule has 2 aromatic rings. The maximum absolute atomic E-state index is 11.8. The fourth-order valence-corrected chi connectivity index (χ4v) is 3.73. The average molecular weight is 373 g/mol. The fraction of sp³-hybridized carbons (Fsp3) is 0.421. The predicted octanol–water partition coefficient (Wildman–Crippen LogP) is 3.47. The average Bonchev–Trinajstić information content (AvgIpc) is 3.22. The summed E-state index contributed by atoms with van der Waals surface area (Å²) in [5, 5.41) is 6.25. The SMILES string of the molecule is COC(=O)CCCCCNc1nc(-c2ccc3c(c2)CC(=O)N3C)cs1. The molecule has 1 amide bonds. The summed E-state index contributed by atoms with van der Waals surface area (Å²) in [7, 11) is 3.23. The van der Waals surface area contributed by atoms with E-state index < -0.39 is 0 Å². The van der Waals surface area contributed by atoms with Gasteiger partial charge in [-0.15, -0.1) is 11.3 Å². The summed E-state index contributed by atoms with van der Waals surface area (Å²) in [6, 6.07) is 6.06. The molecule has 2 heterocycles. The molecule has 7 heteroatoms. The van der Waals surface area contributed by atoms with Gasteiger partial charge in [0.15, 0.2) is 5.13 Å². The number of nitrogens with one attached hydrogen (secondary N) is 1. The highest BCUT2D eigenvalue weighted by molar-refractivity contribution is 7.14. The lowest BCUT2D eigenvalue weighted by molar-refractivity contribution is -0.140. The monoisotopic (exact) mass is 373 g/mol. The molecular formula is C19H23N3O3S. The Balaban J connectivity index is 1.50. The number of likely N-dealkylation sites (N-methyl/N-ethyl adjacent to an activating group) is 1. The molecule has 0 aliphatic carbocycles. The van der Waals surface area contributed by atoms with Crippen LogP contribution in [0.2, 0.25) is 0 Å². The highest BCUT2D eigenvalue weighted by Crippen LogP contribution is 2.33. The maximum Gasteiger partial charge on any atom is 0.305 e. The number of nitrogens with zero attached hydrogens (tertiary/aromatic N) is 2. The molecule has 0 unspecified atom stereocenters. The molecule has 3 rings (SSSR count). The Labute approximate surface area is 157 Å². The first-order valence-corrected chi connectivity index (χ1v) is 9.62. The molecule has 6 nitrogen and oxygen atoms in total. The second-order valence-electron chi connectivity index (χ2n) is 6.32. The quantitative estimate of drug-likeness (QED) is 0.567. The number of benzene rings is 1. The Hall–Kier alpha value is -2.41. The number of unbranched alkanes of at least 4 members (excludes halogenated alkanes) is 2. The zero-order valence-corrected chi connectivity index (χ0v) is 15.9. The largest absolute Gasteiger partial charge is 0.469 e. The van der Waals surface area contributed by atoms with Crippen molar-refractivity contribution in [2.24, 2.45) is 0 Å². The molecule has 1 aromatic heterocycles. The standard InChI is InChI=1S/C19H23N3O3S/c1-22-16-8-7-13(10-14(16)11-17(22)23)15-12-26-19(21-15)20-9-5-3-4-6-18(24)25-2/h7-8,10,12H,3-6,9,11H2,1-2H3,(H,20,21). The fourth-order valence-electron chi connectivity index (χ4n) is 2.99. The number of rotatable bonds is 8. The van der Waals surface area contributed by atoms with E-state index in [1.54, 1.807) is 16.2 Å². The van der Waals surface area contributed by atoms with Crippen LogP contribution >= 0.6 is 11.3 Å². The van der Waals surface area contributed by atoms with Gasteiger partial charge in [-0.25, -0.2) is 4.98 Å². The smallest absolute Gasteiger partial charge is 0.305 e. The zero-order chi connectivity index (χ0) is 18.5. The summed E-state index contributed by atoms with van der Waals surface area (Å²) in [6.45, 7) is 0.831. The first-order valence-electron chi connectivity index (χ1n) is 8.74. The normalized spacial score (nSPS) is 13.0. The number of fused-ring (bicyclic) bond motifs is 1. The van der Waals surface area contributed by atoms with Gasteiger partial charge in [0, 0.05) is 36.6 Å². The Morgan fingerprint density at radius 3 is 3.00 bits per heavy atom. The van der Waals surface area contributed by atoms with Crippen LogP contribution in [0.4, 0.5) is 10.8 Å². The third-order valence-electron chi connectivity index (χ3n) is 4.52. The van der Waals surface area contributed by atoms with Gasteiger partial charge in [-0.1, -0.05) is 12.5 Å². The number of aromatic nitrogens is 1. The van der Waals surface area contributed by atoms with Crippen LogP contribution in [0.15, 0.2) is 23.6 Å². The summed E-state index contributed by atoms with van der Waals surface area (Å²) in [4.78, 5) is 29.2. The Kier molecular flexibility index (Phi) is 5.88. The lowest BCUT2D eigenvalue weighted by atomic mass is 10.1. The molecule has 0 atom stereocenters. The molecule has 0 saturated heterocycles. The van der Waals surface area contributed by atoms with Crippen molar-refractivity contribution in [1.29, 1.82) is 0 Å². The summed E-state index contributed by atoms with van der Waals surface area (Å²) in [5.74, 6) is -0.0188. The molecule has 1 aliphatic rings. The van der Waals surface area contributed by atoms with Crippen LogP contribution in [0.1, 0.15) is 31.2 Å². The van der Waals surface area contributed by atoms with E-state index >= 15 is 0 Å². The van der Waals surface area contributed by atoms with Crippen LogP contribution in [0, 0.1) is 0 Å². The van der Waals surface area contributed by atoms with E-state index in [4.69, 9.17) is 0 Å². The second kappa shape index (κ2) is 8.31. The van der Waals surface area contributed by atoms with Gasteiger partial charge < -0.3 is 15.0 Å². The highest BCUT2D eigenvalue weighted by Gasteiger charge is 2.24. The molecule has 0 fully saturated rings. The van der Waals surface area contributed by atoms with E-state index in [9.17, 15) is 9.59 Å². The zero-order valence-electron chi connectivity index (χ0n) is 15.1. The van der Waals surface area contributed by atoms with E-state index in [0.29, 0.717) is 12.8 Å². The Bertz CT molecular complexity index is 803. The minimum atomic E-state index is -0.148. The molecule has 0 saturated carbocycles. The van der Waals surface area contributed by atoms with Crippen molar-refractivity contribution in [1.82, 2.24) is 4.98 Å². The van der Waals surface area contributed by atoms with Crippen LogP contribution in [0.5, 0.6) is 0 Å². The third kappa shape index (κ3) is 4.22. The van der Waals surface area contributed by atoms with E-state index in [0.717, 1.165) is 53.4 Å². The molecule has 26 heavy (non-hydrogen) atoms. The first-order chi connectivity index (χ1) is 12.6. The molecule has 1 aliphatic heterocycles. The number of hydrogen-bond acceptors (Lipinski definition) is 6. The lowest BCUT2D eigenvalue weighted by Gasteiger charge is -2.09. The van der Waals surface area contributed by atoms with Crippen molar-refractivity contribution in [3.8, 4) is 11.3 Å². The van der Waals surface area contributed by atoms with Crippen molar-refractivity contribution < 1.29 is 14.3 Å². The second-order valence-corrected chi connectivity index (χ2v) is 7.18. The number of carbonyl (C=O) groups is 2. The number of carbonyl (C=O) groups excluding carboxylic acids is 2. The molecule has 0 radical (unpaired) electrons. The van der Waals surface area contributed by atoms with Crippen LogP contribution < -0.4 is 10.2 Å². The summed E-state index contributed by atoms with van der Waals surface area (Å²) in [5.41, 5.74) is 4.00. The lowest BCUT2D eigenvalue weighted by Crippen LogP contribution is -2.20. The molecular weight excluding hydrogens is 350 g/mol.